The molecule has 2 nitrogen and oxygen atoms in total. The molecule has 2 aromatic carbocycles. The minimum absolute atomic E-state index is 0.268. The summed E-state index contributed by atoms with van der Waals surface area (Å²) in [6.45, 7) is 4.88. The first-order chi connectivity index (χ1) is 9.88. The molecule has 2 aromatic rings. The molecule has 0 spiro atoms. The van der Waals surface area contributed by atoms with E-state index in [1.807, 2.05) is 31.9 Å². The van der Waals surface area contributed by atoms with Crippen LogP contribution in [0.2, 0.25) is 5.02 Å². The first kappa shape index (κ1) is 15.8. The number of phenols is 1. The van der Waals surface area contributed by atoms with Gasteiger partial charge in [0.1, 0.15) is 11.6 Å². The Hall–Kier alpha value is -1.58. The lowest BCUT2D eigenvalue weighted by molar-refractivity contribution is 0.307. The van der Waals surface area contributed by atoms with Gasteiger partial charge in [-0.2, -0.15) is 0 Å². The van der Waals surface area contributed by atoms with Crippen molar-refractivity contribution >= 4 is 11.6 Å². The molecule has 0 aliphatic rings. The van der Waals surface area contributed by atoms with Gasteiger partial charge in [-0.1, -0.05) is 23.7 Å². The molecule has 0 unspecified atom stereocenters. The largest absolute Gasteiger partial charge is 0.508 e. The van der Waals surface area contributed by atoms with E-state index in [1.54, 1.807) is 18.2 Å². The highest BCUT2D eigenvalue weighted by Gasteiger charge is 2.12. The van der Waals surface area contributed by atoms with Gasteiger partial charge in [-0.15, -0.1) is 0 Å². The molecule has 0 atom stereocenters. The lowest BCUT2D eigenvalue weighted by Crippen LogP contribution is -2.18. The third-order valence-corrected chi connectivity index (χ3v) is 3.98. The zero-order valence-electron chi connectivity index (χ0n) is 12.5. The summed E-state index contributed by atoms with van der Waals surface area (Å²) in [5, 5.41) is 10.4. The fraction of sp³-hybridized carbons (Fsp3) is 0.294. The second-order valence-corrected chi connectivity index (χ2v) is 5.84. The zero-order valence-corrected chi connectivity index (χ0v) is 13.2. The third-order valence-electron chi connectivity index (χ3n) is 3.62. The van der Waals surface area contributed by atoms with Crippen LogP contribution in [0.5, 0.6) is 5.75 Å². The Morgan fingerprint density at radius 3 is 2.48 bits per heavy atom. The molecule has 0 bridgehead atoms. The molecule has 0 aliphatic carbocycles. The maximum Gasteiger partial charge on any atom is 0.129 e. The molecule has 0 radical (unpaired) electrons. The normalized spacial score (nSPS) is 11.1. The predicted octanol–water partition coefficient (Wildman–Crippen LogP) is 4.43. The Morgan fingerprint density at radius 2 is 1.81 bits per heavy atom. The Balaban J connectivity index is 2.15. The number of hydrogen-bond acceptors (Lipinski definition) is 2. The van der Waals surface area contributed by atoms with Crippen LogP contribution in [0, 0.1) is 19.7 Å². The molecule has 0 heterocycles. The molecule has 2 rings (SSSR count). The smallest absolute Gasteiger partial charge is 0.129 e. The Kier molecular flexibility index (Phi) is 4.86. The zero-order chi connectivity index (χ0) is 15.6. The molecule has 112 valence electrons. The molecule has 4 heteroatoms. The summed E-state index contributed by atoms with van der Waals surface area (Å²) in [6.07, 6.45) is 0. The van der Waals surface area contributed by atoms with Crippen LogP contribution in [0.25, 0.3) is 0 Å². The lowest BCUT2D eigenvalue weighted by Gasteiger charge is -2.19. The van der Waals surface area contributed by atoms with Crippen LogP contribution in [-0.2, 0) is 13.1 Å². The highest BCUT2D eigenvalue weighted by Crippen LogP contribution is 2.25. The predicted molar refractivity (Wildman–Crippen MR) is 84.2 cm³/mol. The van der Waals surface area contributed by atoms with Gasteiger partial charge in [0.2, 0.25) is 0 Å². The average molecular weight is 308 g/mol. The van der Waals surface area contributed by atoms with Gasteiger partial charge in [0, 0.05) is 29.2 Å². The minimum atomic E-state index is -0.307. The number of phenolic OH excluding ortho intramolecular Hbond substituents is 1. The topological polar surface area (TPSA) is 23.5 Å². The molecular weight excluding hydrogens is 289 g/mol. The summed E-state index contributed by atoms with van der Waals surface area (Å²) in [4.78, 5) is 1.92. The monoisotopic (exact) mass is 307 g/mol. The van der Waals surface area contributed by atoms with Crippen molar-refractivity contribution in [1.29, 1.82) is 0 Å². The van der Waals surface area contributed by atoms with Crippen molar-refractivity contribution in [2.24, 2.45) is 0 Å². The second-order valence-electron chi connectivity index (χ2n) is 5.44. The van der Waals surface area contributed by atoms with Crippen molar-refractivity contribution in [2.45, 2.75) is 26.9 Å². The SMILES string of the molecule is Cc1cc(O)c(CN(C)Cc2c(F)cccc2Cl)cc1C. The fourth-order valence-electron chi connectivity index (χ4n) is 2.29. The molecule has 0 saturated carbocycles. The molecule has 0 aromatic heterocycles. The van der Waals surface area contributed by atoms with Gasteiger partial charge in [0.25, 0.3) is 0 Å². The van der Waals surface area contributed by atoms with Crippen LogP contribution < -0.4 is 0 Å². The standard InChI is InChI=1S/C17H19ClFNO/c1-11-7-13(17(21)8-12(11)2)9-20(3)10-14-15(18)5-4-6-16(14)19/h4-8,21H,9-10H2,1-3H3. The summed E-state index contributed by atoms with van der Waals surface area (Å²) in [6, 6.07) is 8.40. The molecule has 0 amide bonds. The highest BCUT2D eigenvalue weighted by molar-refractivity contribution is 6.31. The highest BCUT2D eigenvalue weighted by atomic mass is 35.5. The van der Waals surface area contributed by atoms with E-state index in [0.717, 1.165) is 16.7 Å². The third kappa shape index (κ3) is 3.74. The van der Waals surface area contributed by atoms with Crippen LogP contribution in [0.3, 0.4) is 0 Å². The Morgan fingerprint density at radius 1 is 1.14 bits per heavy atom. The van der Waals surface area contributed by atoms with Crippen LogP contribution >= 0.6 is 11.6 Å². The molecule has 0 fully saturated rings. The second kappa shape index (κ2) is 6.46. The molecule has 0 aliphatic heterocycles. The van der Waals surface area contributed by atoms with E-state index >= 15 is 0 Å². The van der Waals surface area contributed by atoms with Crippen LogP contribution in [0.4, 0.5) is 4.39 Å². The van der Waals surface area contributed by atoms with Gasteiger partial charge in [-0.3, -0.25) is 4.90 Å². The number of aryl methyl sites for hydroxylation is 2. The number of benzene rings is 2. The molecule has 21 heavy (non-hydrogen) atoms. The van der Waals surface area contributed by atoms with Gasteiger partial charge in [-0.25, -0.2) is 4.39 Å². The Labute approximate surface area is 129 Å². The number of rotatable bonds is 4. The van der Waals surface area contributed by atoms with E-state index in [0.29, 0.717) is 23.7 Å². The van der Waals surface area contributed by atoms with Crippen molar-refractivity contribution in [3.63, 3.8) is 0 Å². The molecule has 1 N–H and O–H groups in total. The first-order valence-corrected chi connectivity index (χ1v) is 7.17. The number of hydrogen-bond donors (Lipinski definition) is 1. The summed E-state index contributed by atoms with van der Waals surface area (Å²) in [5.41, 5.74) is 3.48. The Bertz CT molecular complexity index is 637. The summed E-state index contributed by atoms with van der Waals surface area (Å²) in [5.74, 6) is -0.0387. The van der Waals surface area contributed by atoms with Crippen molar-refractivity contribution in [2.75, 3.05) is 7.05 Å². The fourth-order valence-corrected chi connectivity index (χ4v) is 2.51. The minimum Gasteiger partial charge on any atom is -0.508 e. The van der Waals surface area contributed by atoms with Gasteiger partial charge >= 0.3 is 0 Å². The summed E-state index contributed by atoms with van der Waals surface area (Å²) < 4.78 is 13.8. The van der Waals surface area contributed by atoms with Gasteiger partial charge in [0.15, 0.2) is 0 Å². The van der Waals surface area contributed by atoms with Gasteiger partial charge in [-0.05, 0) is 50.2 Å². The van der Waals surface area contributed by atoms with Crippen LogP contribution in [-0.4, -0.2) is 17.1 Å². The van der Waals surface area contributed by atoms with Crippen molar-refractivity contribution < 1.29 is 9.50 Å². The summed E-state index contributed by atoms with van der Waals surface area (Å²) >= 11 is 6.04. The van der Waals surface area contributed by atoms with Gasteiger partial charge < -0.3 is 5.11 Å². The number of halogens is 2. The molecule has 0 saturated heterocycles. The number of nitrogens with zero attached hydrogens (tertiary/aromatic N) is 1. The van der Waals surface area contributed by atoms with E-state index in [9.17, 15) is 9.50 Å². The number of aromatic hydroxyl groups is 1. The van der Waals surface area contributed by atoms with Crippen molar-refractivity contribution in [3.8, 4) is 5.75 Å². The maximum absolute atomic E-state index is 13.8. The first-order valence-electron chi connectivity index (χ1n) is 6.79. The van der Waals surface area contributed by atoms with Gasteiger partial charge in [0.05, 0.1) is 0 Å². The van der Waals surface area contributed by atoms with E-state index in [4.69, 9.17) is 11.6 Å². The lowest BCUT2D eigenvalue weighted by atomic mass is 10.0. The van der Waals surface area contributed by atoms with E-state index in [2.05, 4.69) is 0 Å². The summed E-state index contributed by atoms with van der Waals surface area (Å²) in [7, 11) is 1.87. The maximum atomic E-state index is 13.8. The van der Waals surface area contributed by atoms with E-state index < -0.39 is 0 Å². The van der Waals surface area contributed by atoms with Crippen molar-refractivity contribution in [1.82, 2.24) is 4.90 Å². The van der Waals surface area contributed by atoms with Crippen LogP contribution in [0.15, 0.2) is 30.3 Å². The quantitative estimate of drug-likeness (QED) is 0.903. The van der Waals surface area contributed by atoms with E-state index in [-0.39, 0.29) is 11.6 Å². The average Bonchev–Trinajstić information content (AvgIpc) is 2.40. The van der Waals surface area contributed by atoms with Crippen LogP contribution in [0.1, 0.15) is 22.3 Å². The van der Waals surface area contributed by atoms with Crippen molar-refractivity contribution in [3.05, 3.63) is 63.4 Å². The molecular formula is C17H19ClFNO. The van der Waals surface area contributed by atoms with E-state index in [1.165, 1.54) is 6.07 Å².